The summed E-state index contributed by atoms with van der Waals surface area (Å²) in [5.74, 6) is -2.21. The van der Waals surface area contributed by atoms with Crippen LogP contribution in [0, 0.1) is 0 Å². The molecule has 0 saturated heterocycles. The molecule has 1 heterocycles. The van der Waals surface area contributed by atoms with E-state index in [-0.39, 0.29) is 32.6 Å². The van der Waals surface area contributed by atoms with Crippen LogP contribution in [0.2, 0.25) is 0 Å². The second-order valence-electron chi connectivity index (χ2n) is 4.29. The van der Waals surface area contributed by atoms with Crippen LogP contribution in [0.15, 0.2) is 47.3 Å². The molecule has 0 aliphatic carbocycles. The molecule has 23 heavy (non-hydrogen) atoms. The minimum Gasteiger partial charge on any atom is -1.00 e. The molecule has 0 aliphatic heterocycles. The van der Waals surface area contributed by atoms with Crippen molar-refractivity contribution in [3.05, 3.63) is 69.6 Å². The van der Waals surface area contributed by atoms with Crippen LogP contribution in [0.4, 0.5) is 0 Å². The van der Waals surface area contributed by atoms with E-state index in [1.54, 1.807) is 24.3 Å². The first-order valence-electron chi connectivity index (χ1n) is 6.29. The number of aromatic nitrogens is 1. The maximum atomic E-state index is 12.1. The first-order chi connectivity index (χ1) is 10.5. The van der Waals surface area contributed by atoms with E-state index in [1.807, 2.05) is 6.07 Å². The molecule has 0 spiro atoms. The Morgan fingerprint density at radius 3 is 2.39 bits per heavy atom. The van der Waals surface area contributed by atoms with Crippen molar-refractivity contribution in [1.82, 2.24) is 4.73 Å². The van der Waals surface area contributed by atoms with Crippen LogP contribution >= 0.6 is 0 Å². The molecule has 0 amide bonds. The second kappa shape index (κ2) is 8.22. The second-order valence-corrected chi connectivity index (χ2v) is 4.29. The largest absolute Gasteiger partial charge is 1.00 e. The van der Waals surface area contributed by atoms with Crippen molar-refractivity contribution in [3.8, 4) is 0 Å². The van der Waals surface area contributed by atoms with Gasteiger partial charge in [0.1, 0.15) is 12.2 Å². The molecule has 0 aliphatic rings. The molecule has 1 aromatic carbocycles. The van der Waals surface area contributed by atoms with Crippen LogP contribution < -0.4 is 29.3 Å². The number of pyridine rings is 1. The number of hydrogen-bond acceptors (Lipinski definition) is 5. The molecule has 1 N–H and O–H groups in total. The Morgan fingerprint density at radius 2 is 1.83 bits per heavy atom. The van der Waals surface area contributed by atoms with Crippen LogP contribution in [0.5, 0.6) is 0 Å². The zero-order valence-corrected chi connectivity index (χ0v) is 12.7. The summed E-state index contributed by atoms with van der Waals surface area (Å²) in [5, 5.41) is 8.98. The summed E-state index contributed by atoms with van der Waals surface area (Å²) in [6.07, 6.45) is 0. The standard InChI is InChI=1S/C15H13NO6.Li.H/c1-21-15(20)12-8-7-11(14(18)19)13(17)16(12)22-9-10-5-3-2-4-6-10;;/h2-8H,9H2,1H3,(H,18,19);;/q;+1;-1. The van der Waals surface area contributed by atoms with Crippen LogP contribution in [0.25, 0.3) is 0 Å². The van der Waals surface area contributed by atoms with Crippen LogP contribution in [-0.4, -0.2) is 28.9 Å². The Balaban J connectivity index is 0.00000264. The topological polar surface area (TPSA) is 94.8 Å². The fourth-order valence-corrected chi connectivity index (χ4v) is 1.78. The maximum absolute atomic E-state index is 12.1. The molecule has 2 aromatic rings. The van der Waals surface area contributed by atoms with Gasteiger partial charge in [0.2, 0.25) is 0 Å². The fourth-order valence-electron chi connectivity index (χ4n) is 1.78. The molecule has 0 radical (unpaired) electrons. The number of rotatable bonds is 5. The number of methoxy groups -OCH3 is 1. The van der Waals surface area contributed by atoms with E-state index in [0.717, 1.165) is 18.7 Å². The monoisotopic (exact) mass is 311 g/mol. The molecular weight excluding hydrogens is 297 g/mol. The fraction of sp³-hybridized carbons (Fsp3) is 0.133. The van der Waals surface area contributed by atoms with Crippen LogP contribution in [-0.2, 0) is 11.3 Å². The first kappa shape index (κ1) is 18.6. The third-order valence-electron chi connectivity index (χ3n) is 2.87. The Hall–Kier alpha value is -2.49. The molecule has 2 rings (SSSR count). The Morgan fingerprint density at radius 1 is 1.17 bits per heavy atom. The van der Waals surface area contributed by atoms with E-state index in [0.29, 0.717) is 4.73 Å². The average molecular weight is 311 g/mol. The summed E-state index contributed by atoms with van der Waals surface area (Å²) in [5.41, 5.74) is -0.869. The summed E-state index contributed by atoms with van der Waals surface area (Å²) in [4.78, 5) is 40.1. The van der Waals surface area contributed by atoms with Gasteiger partial charge in [-0.05, 0) is 17.7 Å². The van der Waals surface area contributed by atoms with Gasteiger partial charge in [-0.25, -0.2) is 9.59 Å². The van der Waals surface area contributed by atoms with Crippen molar-refractivity contribution < 1.29 is 44.6 Å². The third-order valence-corrected chi connectivity index (χ3v) is 2.87. The van der Waals surface area contributed by atoms with Crippen molar-refractivity contribution in [2.75, 3.05) is 7.11 Å². The number of aromatic carboxylic acids is 1. The van der Waals surface area contributed by atoms with Crippen LogP contribution in [0.1, 0.15) is 27.8 Å². The summed E-state index contributed by atoms with van der Waals surface area (Å²) < 4.78 is 5.20. The van der Waals surface area contributed by atoms with Gasteiger partial charge in [-0.2, -0.15) is 0 Å². The number of carboxylic acid groups (broad SMARTS) is 1. The smallest absolute Gasteiger partial charge is 1.00 e. The van der Waals surface area contributed by atoms with Gasteiger partial charge in [0, 0.05) is 0 Å². The zero-order valence-electron chi connectivity index (χ0n) is 13.7. The van der Waals surface area contributed by atoms with Gasteiger partial charge in [-0.1, -0.05) is 30.3 Å². The van der Waals surface area contributed by atoms with Gasteiger partial charge < -0.3 is 16.1 Å². The average Bonchev–Trinajstić information content (AvgIpc) is 2.53. The van der Waals surface area contributed by atoms with E-state index < -0.39 is 23.1 Å². The van der Waals surface area contributed by atoms with E-state index in [1.165, 1.54) is 6.07 Å². The minimum absolute atomic E-state index is 0. The van der Waals surface area contributed by atoms with E-state index in [9.17, 15) is 14.4 Å². The molecule has 0 bridgehead atoms. The van der Waals surface area contributed by atoms with Crippen molar-refractivity contribution >= 4 is 11.9 Å². The third kappa shape index (κ3) is 4.25. The number of nitrogens with zero attached hydrogens (tertiary/aromatic N) is 1. The van der Waals surface area contributed by atoms with Gasteiger partial charge in [-0.3, -0.25) is 4.79 Å². The molecule has 0 atom stereocenters. The molecule has 0 unspecified atom stereocenters. The van der Waals surface area contributed by atoms with Crippen molar-refractivity contribution in [2.45, 2.75) is 6.61 Å². The predicted molar refractivity (Wildman–Crippen MR) is 76.8 cm³/mol. The number of hydrogen-bond donors (Lipinski definition) is 1. The van der Waals surface area contributed by atoms with Gasteiger partial charge in [-0.15, -0.1) is 4.73 Å². The van der Waals surface area contributed by atoms with E-state index in [4.69, 9.17) is 9.94 Å². The Labute approximate surface area is 145 Å². The van der Waals surface area contributed by atoms with Crippen molar-refractivity contribution in [2.24, 2.45) is 0 Å². The molecule has 8 heteroatoms. The number of esters is 1. The maximum Gasteiger partial charge on any atom is 1.00 e. The molecular formula is C15H14LiNO6. The van der Waals surface area contributed by atoms with Crippen molar-refractivity contribution in [3.63, 3.8) is 0 Å². The number of carboxylic acids is 1. The van der Waals surface area contributed by atoms with E-state index in [2.05, 4.69) is 4.74 Å². The molecule has 0 fully saturated rings. The molecule has 1 aromatic heterocycles. The van der Waals surface area contributed by atoms with Gasteiger partial charge in [0.25, 0.3) is 5.56 Å². The Bertz CT molecular complexity index is 762. The van der Waals surface area contributed by atoms with Gasteiger partial charge in [0.15, 0.2) is 5.69 Å². The number of benzene rings is 1. The summed E-state index contributed by atoms with van der Waals surface area (Å²) in [7, 11) is 1.15. The van der Waals surface area contributed by atoms with Gasteiger partial charge >= 0.3 is 30.8 Å². The quantitative estimate of drug-likeness (QED) is 0.511. The van der Waals surface area contributed by atoms with Crippen molar-refractivity contribution in [1.29, 1.82) is 0 Å². The van der Waals surface area contributed by atoms with Gasteiger partial charge in [0.05, 0.1) is 7.11 Å². The summed E-state index contributed by atoms with van der Waals surface area (Å²) in [6, 6.07) is 11.1. The van der Waals surface area contributed by atoms with E-state index >= 15 is 0 Å². The minimum atomic E-state index is -1.40. The summed E-state index contributed by atoms with van der Waals surface area (Å²) in [6.45, 7) is -0.00614. The van der Waals surface area contributed by atoms with Crippen LogP contribution in [0.3, 0.4) is 0 Å². The Kier molecular flexibility index (Phi) is 6.63. The number of carbonyl (C=O) groups excluding carboxylic acids is 1. The zero-order chi connectivity index (χ0) is 16.1. The SMILES string of the molecule is COC(=O)c1ccc(C(=O)O)c(=O)n1OCc1ccccc1.[H-].[Li+]. The number of carbonyl (C=O) groups is 2. The predicted octanol–water partition coefficient (Wildman–Crippen LogP) is -1.92. The summed E-state index contributed by atoms with van der Waals surface area (Å²) >= 11 is 0. The first-order valence-corrected chi connectivity index (χ1v) is 6.29. The molecule has 0 saturated carbocycles. The molecule has 7 nitrogen and oxygen atoms in total. The number of ether oxygens (including phenoxy) is 1. The normalized spacial score (nSPS) is 9.61. The molecule has 116 valence electrons.